The number of pyridine rings is 1. The van der Waals surface area contributed by atoms with Crippen LogP contribution in [0.15, 0.2) is 33.9 Å². The van der Waals surface area contributed by atoms with E-state index >= 15 is 0 Å². The minimum Gasteiger partial charge on any atom is -0.356 e. The van der Waals surface area contributed by atoms with Gasteiger partial charge < -0.3 is 15.2 Å². The van der Waals surface area contributed by atoms with Gasteiger partial charge in [-0.3, -0.25) is 9.98 Å². The van der Waals surface area contributed by atoms with Gasteiger partial charge in [-0.1, -0.05) is 11.2 Å². The van der Waals surface area contributed by atoms with Crippen molar-refractivity contribution >= 4 is 17.3 Å². The Kier molecular flexibility index (Phi) is 6.48. The number of thiazole rings is 1. The van der Waals surface area contributed by atoms with E-state index < -0.39 is 0 Å². The summed E-state index contributed by atoms with van der Waals surface area (Å²) >= 11 is 1.75. The first-order valence-corrected chi connectivity index (χ1v) is 9.58. The van der Waals surface area contributed by atoms with Crippen LogP contribution in [0.5, 0.6) is 0 Å². The van der Waals surface area contributed by atoms with E-state index in [1.54, 1.807) is 24.6 Å². The lowest BCUT2D eigenvalue weighted by Gasteiger charge is -2.10. The molecular weight excluding hydrogens is 362 g/mol. The summed E-state index contributed by atoms with van der Waals surface area (Å²) in [5.74, 6) is 1.81. The number of rotatable bonds is 7. The van der Waals surface area contributed by atoms with Gasteiger partial charge in [0.05, 0.1) is 10.7 Å². The topological polar surface area (TPSA) is 101 Å². The van der Waals surface area contributed by atoms with Gasteiger partial charge in [-0.05, 0) is 26.0 Å². The van der Waals surface area contributed by atoms with Crippen molar-refractivity contribution in [2.45, 2.75) is 26.7 Å². The van der Waals surface area contributed by atoms with Crippen LogP contribution in [0.4, 0.5) is 0 Å². The number of aromatic nitrogens is 4. The average Bonchev–Trinajstić information content (AvgIpc) is 3.28. The summed E-state index contributed by atoms with van der Waals surface area (Å²) in [5.41, 5.74) is 1.79. The zero-order valence-electron chi connectivity index (χ0n) is 15.7. The summed E-state index contributed by atoms with van der Waals surface area (Å²) in [6, 6.07) is 5.57. The fraction of sp³-hybridized carbons (Fsp3) is 0.389. The molecule has 0 amide bonds. The molecule has 0 saturated heterocycles. The molecular formula is C18H23N7OS. The second-order valence-corrected chi connectivity index (χ2v) is 7.19. The van der Waals surface area contributed by atoms with Crippen molar-refractivity contribution in [2.75, 3.05) is 20.1 Å². The molecule has 0 aliphatic heterocycles. The Bertz CT molecular complexity index is 869. The maximum absolute atomic E-state index is 5.26. The minimum atomic E-state index is 0.433. The van der Waals surface area contributed by atoms with Gasteiger partial charge in [-0.2, -0.15) is 4.98 Å². The minimum absolute atomic E-state index is 0.433. The Morgan fingerprint density at radius 1 is 1.15 bits per heavy atom. The third-order valence-corrected chi connectivity index (χ3v) is 5.05. The van der Waals surface area contributed by atoms with Crippen molar-refractivity contribution in [2.24, 2.45) is 4.99 Å². The van der Waals surface area contributed by atoms with Gasteiger partial charge in [0, 0.05) is 44.1 Å². The molecule has 0 saturated carbocycles. The third-order valence-electron chi connectivity index (χ3n) is 3.92. The Morgan fingerprint density at radius 2 is 1.96 bits per heavy atom. The Hall–Kier alpha value is -2.81. The van der Waals surface area contributed by atoms with E-state index in [2.05, 4.69) is 42.7 Å². The van der Waals surface area contributed by atoms with E-state index in [1.165, 1.54) is 4.88 Å². The van der Waals surface area contributed by atoms with Crippen LogP contribution in [0.3, 0.4) is 0 Å². The molecule has 0 fully saturated rings. The maximum Gasteiger partial charge on any atom is 0.276 e. The van der Waals surface area contributed by atoms with Crippen molar-refractivity contribution in [3.05, 3.63) is 45.8 Å². The molecule has 3 heterocycles. The Morgan fingerprint density at radius 3 is 2.63 bits per heavy atom. The number of nitrogens with one attached hydrogen (secondary N) is 2. The molecule has 0 aromatic carbocycles. The highest BCUT2D eigenvalue weighted by Crippen LogP contribution is 2.16. The number of hydrogen-bond acceptors (Lipinski definition) is 7. The monoisotopic (exact) mass is 385 g/mol. The van der Waals surface area contributed by atoms with Gasteiger partial charge >= 0.3 is 0 Å². The molecule has 3 aromatic rings. The fourth-order valence-corrected chi connectivity index (χ4v) is 3.33. The van der Waals surface area contributed by atoms with E-state index in [0.717, 1.165) is 29.6 Å². The standard InChI is InChI=1S/C18H23N7OS/c1-12-13(2)27-16(23-12)8-11-22-18(19-3)21-10-7-15-24-17(26-25-15)14-6-4-5-9-20-14/h4-6,9H,7-8,10-11H2,1-3H3,(H2,19,21,22). The molecule has 0 spiro atoms. The largest absolute Gasteiger partial charge is 0.356 e. The quantitative estimate of drug-likeness (QED) is 0.475. The van der Waals surface area contributed by atoms with E-state index in [-0.39, 0.29) is 0 Å². The molecule has 0 bridgehead atoms. The molecule has 0 aliphatic carbocycles. The maximum atomic E-state index is 5.26. The van der Waals surface area contributed by atoms with E-state index in [9.17, 15) is 0 Å². The average molecular weight is 385 g/mol. The van der Waals surface area contributed by atoms with Crippen molar-refractivity contribution in [1.82, 2.24) is 30.7 Å². The zero-order valence-corrected chi connectivity index (χ0v) is 16.5. The lowest BCUT2D eigenvalue weighted by molar-refractivity contribution is 0.421. The van der Waals surface area contributed by atoms with Crippen LogP contribution in [0.1, 0.15) is 21.4 Å². The molecule has 0 aliphatic rings. The third kappa shape index (κ3) is 5.33. The van der Waals surface area contributed by atoms with E-state index in [0.29, 0.717) is 30.4 Å². The van der Waals surface area contributed by atoms with Crippen LogP contribution in [0.25, 0.3) is 11.6 Å². The first kappa shape index (κ1) is 19.0. The molecule has 9 heteroatoms. The smallest absolute Gasteiger partial charge is 0.276 e. The molecule has 2 N–H and O–H groups in total. The fourth-order valence-electron chi connectivity index (χ4n) is 2.40. The van der Waals surface area contributed by atoms with Gasteiger partial charge in [0.15, 0.2) is 11.8 Å². The number of aliphatic imine (C=N–C) groups is 1. The highest BCUT2D eigenvalue weighted by atomic mass is 32.1. The highest BCUT2D eigenvalue weighted by Gasteiger charge is 2.09. The van der Waals surface area contributed by atoms with Crippen molar-refractivity contribution in [3.63, 3.8) is 0 Å². The number of guanidine groups is 1. The van der Waals surface area contributed by atoms with Crippen LogP contribution < -0.4 is 10.6 Å². The van der Waals surface area contributed by atoms with Gasteiger partial charge in [0.1, 0.15) is 5.69 Å². The molecule has 3 aromatic heterocycles. The van der Waals surface area contributed by atoms with Crippen molar-refractivity contribution in [3.8, 4) is 11.6 Å². The predicted molar refractivity (Wildman–Crippen MR) is 106 cm³/mol. The van der Waals surface area contributed by atoms with Crippen molar-refractivity contribution < 1.29 is 4.52 Å². The summed E-state index contributed by atoms with van der Waals surface area (Å²) in [4.78, 5) is 18.6. The summed E-state index contributed by atoms with van der Waals surface area (Å²) in [6.07, 6.45) is 3.20. The molecule has 8 nitrogen and oxygen atoms in total. The van der Waals surface area contributed by atoms with Crippen LogP contribution in [0, 0.1) is 13.8 Å². The predicted octanol–water partition coefficient (Wildman–Crippen LogP) is 2.16. The summed E-state index contributed by atoms with van der Waals surface area (Å²) < 4.78 is 5.26. The van der Waals surface area contributed by atoms with Gasteiger partial charge in [-0.15, -0.1) is 11.3 Å². The summed E-state index contributed by atoms with van der Waals surface area (Å²) in [7, 11) is 1.75. The lowest BCUT2D eigenvalue weighted by atomic mass is 10.3. The molecule has 142 valence electrons. The summed E-state index contributed by atoms with van der Waals surface area (Å²) in [5, 5.41) is 11.7. The number of hydrogen-bond donors (Lipinski definition) is 2. The van der Waals surface area contributed by atoms with Gasteiger partial charge in [0.25, 0.3) is 5.89 Å². The molecule has 0 atom stereocenters. The zero-order chi connectivity index (χ0) is 19.1. The van der Waals surface area contributed by atoms with Crippen LogP contribution in [-0.4, -0.2) is 46.2 Å². The first-order chi connectivity index (χ1) is 13.2. The second kappa shape index (κ2) is 9.22. The first-order valence-electron chi connectivity index (χ1n) is 8.77. The normalized spacial score (nSPS) is 11.6. The van der Waals surface area contributed by atoms with Gasteiger partial charge in [-0.25, -0.2) is 4.98 Å². The SMILES string of the molecule is CN=C(NCCc1noc(-c2ccccn2)n1)NCCc1nc(C)c(C)s1. The molecule has 27 heavy (non-hydrogen) atoms. The number of nitrogens with zero attached hydrogens (tertiary/aromatic N) is 5. The second-order valence-electron chi connectivity index (χ2n) is 5.91. The summed E-state index contributed by atoms with van der Waals surface area (Å²) in [6.45, 7) is 5.57. The van der Waals surface area contributed by atoms with Crippen molar-refractivity contribution in [1.29, 1.82) is 0 Å². The van der Waals surface area contributed by atoms with E-state index in [4.69, 9.17) is 4.52 Å². The van der Waals surface area contributed by atoms with Crippen LogP contribution in [-0.2, 0) is 12.8 Å². The van der Waals surface area contributed by atoms with Gasteiger partial charge in [0.2, 0.25) is 0 Å². The van der Waals surface area contributed by atoms with Crippen LogP contribution in [0.2, 0.25) is 0 Å². The Labute approximate surface area is 162 Å². The molecule has 0 radical (unpaired) electrons. The number of aryl methyl sites for hydroxylation is 2. The molecule has 0 unspecified atom stereocenters. The molecule has 3 rings (SSSR count). The lowest BCUT2D eigenvalue weighted by Crippen LogP contribution is -2.39. The van der Waals surface area contributed by atoms with Crippen LogP contribution >= 0.6 is 11.3 Å². The highest BCUT2D eigenvalue weighted by molar-refractivity contribution is 7.11. The Balaban J connectivity index is 1.41. The van der Waals surface area contributed by atoms with E-state index in [1.807, 2.05) is 25.1 Å².